The van der Waals surface area contributed by atoms with E-state index in [-0.39, 0.29) is 11.9 Å². The molecule has 5 nitrogen and oxygen atoms in total. The lowest BCUT2D eigenvalue weighted by molar-refractivity contribution is -0.120. The minimum Gasteiger partial charge on any atom is -0.383 e. The van der Waals surface area contributed by atoms with Crippen molar-refractivity contribution in [2.24, 2.45) is 5.73 Å². The fraction of sp³-hybridized carbons (Fsp3) is 0.533. The highest BCUT2D eigenvalue weighted by molar-refractivity contribution is 5.81. The Morgan fingerprint density at radius 3 is 2.50 bits per heavy atom. The molecule has 0 aromatic heterocycles. The lowest BCUT2D eigenvalue weighted by atomic mass is 10.1. The first-order chi connectivity index (χ1) is 9.58. The summed E-state index contributed by atoms with van der Waals surface area (Å²) in [7, 11) is 1.62. The second kappa shape index (κ2) is 8.55. The fourth-order valence-corrected chi connectivity index (χ4v) is 1.90. The number of hydrogen-bond acceptors (Lipinski definition) is 4. The first-order valence-electron chi connectivity index (χ1n) is 6.89. The summed E-state index contributed by atoms with van der Waals surface area (Å²) in [5, 5.41) is 2.84. The number of hydrogen-bond donors (Lipinski definition) is 2. The molecule has 0 aliphatic rings. The molecule has 0 atom stereocenters. The van der Waals surface area contributed by atoms with E-state index in [4.69, 9.17) is 10.5 Å². The number of benzene rings is 1. The standard InChI is InChI=1S/C15H25N3O2/c1-12(2)18(11-15(19)17-8-9-20-3)14-6-4-13(10-16)5-7-14/h4-7,12H,8-11,16H2,1-3H3,(H,17,19). The van der Waals surface area contributed by atoms with Gasteiger partial charge in [0.2, 0.25) is 5.91 Å². The molecule has 5 heteroatoms. The number of carbonyl (C=O) groups is 1. The SMILES string of the molecule is COCCNC(=O)CN(c1ccc(CN)cc1)C(C)C. The zero-order valence-electron chi connectivity index (χ0n) is 12.6. The van der Waals surface area contributed by atoms with Crippen molar-refractivity contribution in [2.45, 2.75) is 26.4 Å². The van der Waals surface area contributed by atoms with E-state index in [9.17, 15) is 4.79 Å². The topological polar surface area (TPSA) is 67.6 Å². The van der Waals surface area contributed by atoms with Crippen molar-refractivity contribution in [1.29, 1.82) is 0 Å². The van der Waals surface area contributed by atoms with E-state index in [0.717, 1.165) is 11.3 Å². The molecule has 0 spiro atoms. The van der Waals surface area contributed by atoms with Crippen LogP contribution in [0.2, 0.25) is 0 Å². The second-order valence-corrected chi connectivity index (χ2v) is 4.93. The molecule has 1 aromatic carbocycles. The molecule has 0 saturated carbocycles. The van der Waals surface area contributed by atoms with Crippen LogP contribution < -0.4 is 16.0 Å². The summed E-state index contributed by atoms with van der Waals surface area (Å²) in [6.45, 7) is 6.06. The second-order valence-electron chi connectivity index (χ2n) is 4.93. The van der Waals surface area contributed by atoms with Crippen LogP contribution in [0.1, 0.15) is 19.4 Å². The number of anilines is 1. The lowest BCUT2D eigenvalue weighted by Crippen LogP contribution is -2.41. The van der Waals surface area contributed by atoms with Crippen molar-refractivity contribution in [3.05, 3.63) is 29.8 Å². The van der Waals surface area contributed by atoms with Crippen molar-refractivity contribution in [1.82, 2.24) is 5.32 Å². The van der Waals surface area contributed by atoms with Crippen LogP contribution in [0, 0.1) is 0 Å². The van der Waals surface area contributed by atoms with Crippen molar-refractivity contribution in [3.63, 3.8) is 0 Å². The summed E-state index contributed by atoms with van der Waals surface area (Å²) in [5.74, 6) is -0.00125. The Hall–Kier alpha value is -1.59. The van der Waals surface area contributed by atoms with Gasteiger partial charge in [0.05, 0.1) is 13.2 Å². The van der Waals surface area contributed by atoms with Crippen LogP contribution >= 0.6 is 0 Å². The van der Waals surface area contributed by atoms with Gasteiger partial charge >= 0.3 is 0 Å². The Morgan fingerprint density at radius 1 is 1.35 bits per heavy atom. The van der Waals surface area contributed by atoms with Gasteiger partial charge in [-0.3, -0.25) is 4.79 Å². The van der Waals surface area contributed by atoms with Crippen LogP contribution in [0.15, 0.2) is 24.3 Å². The largest absolute Gasteiger partial charge is 0.383 e. The third-order valence-electron chi connectivity index (χ3n) is 3.07. The maximum absolute atomic E-state index is 11.9. The van der Waals surface area contributed by atoms with Crippen LogP contribution in [0.4, 0.5) is 5.69 Å². The third-order valence-corrected chi connectivity index (χ3v) is 3.07. The van der Waals surface area contributed by atoms with Gasteiger partial charge in [-0.1, -0.05) is 12.1 Å². The molecule has 0 bridgehead atoms. The molecule has 1 rings (SSSR count). The smallest absolute Gasteiger partial charge is 0.239 e. The van der Waals surface area contributed by atoms with Crippen LogP contribution in [0.3, 0.4) is 0 Å². The monoisotopic (exact) mass is 279 g/mol. The predicted molar refractivity (Wildman–Crippen MR) is 81.7 cm³/mol. The van der Waals surface area contributed by atoms with E-state index >= 15 is 0 Å². The van der Waals surface area contributed by atoms with E-state index in [0.29, 0.717) is 26.2 Å². The van der Waals surface area contributed by atoms with E-state index in [2.05, 4.69) is 24.1 Å². The van der Waals surface area contributed by atoms with Gasteiger partial charge in [0.15, 0.2) is 0 Å². The van der Waals surface area contributed by atoms with E-state index in [1.165, 1.54) is 0 Å². The number of ether oxygens (including phenoxy) is 1. The molecular weight excluding hydrogens is 254 g/mol. The van der Waals surface area contributed by atoms with Gasteiger partial charge in [-0.2, -0.15) is 0 Å². The van der Waals surface area contributed by atoms with Gasteiger partial charge in [-0.25, -0.2) is 0 Å². The quantitative estimate of drug-likeness (QED) is 0.700. The highest BCUT2D eigenvalue weighted by Crippen LogP contribution is 2.17. The number of nitrogens with one attached hydrogen (secondary N) is 1. The average Bonchev–Trinajstić information content (AvgIpc) is 2.45. The molecular formula is C15H25N3O2. The van der Waals surface area contributed by atoms with Crippen molar-refractivity contribution in [2.75, 3.05) is 31.7 Å². The molecule has 0 unspecified atom stereocenters. The van der Waals surface area contributed by atoms with Gasteiger partial charge in [0.1, 0.15) is 0 Å². The number of carbonyl (C=O) groups excluding carboxylic acids is 1. The van der Waals surface area contributed by atoms with Crippen LogP contribution in [-0.2, 0) is 16.1 Å². The van der Waals surface area contributed by atoms with Gasteiger partial charge < -0.3 is 20.7 Å². The normalized spacial score (nSPS) is 10.7. The maximum Gasteiger partial charge on any atom is 0.239 e. The molecule has 0 aliphatic carbocycles. The lowest BCUT2D eigenvalue weighted by Gasteiger charge is -2.28. The Bertz CT molecular complexity index is 404. The van der Waals surface area contributed by atoms with Crippen molar-refractivity contribution < 1.29 is 9.53 Å². The number of nitrogens with two attached hydrogens (primary N) is 1. The zero-order chi connectivity index (χ0) is 15.0. The van der Waals surface area contributed by atoms with Gasteiger partial charge in [-0.05, 0) is 31.5 Å². The Balaban J connectivity index is 2.65. The molecule has 0 saturated heterocycles. The molecule has 0 radical (unpaired) electrons. The maximum atomic E-state index is 11.9. The van der Waals surface area contributed by atoms with E-state index < -0.39 is 0 Å². The van der Waals surface area contributed by atoms with Crippen molar-refractivity contribution in [3.8, 4) is 0 Å². The molecule has 1 amide bonds. The molecule has 3 N–H and O–H groups in total. The first kappa shape index (κ1) is 16.5. The summed E-state index contributed by atoms with van der Waals surface area (Å²) in [6.07, 6.45) is 0. The van der Waals surface area contributed by atoms with Gasteiger partial charge in [0.25, 0.3) is 0 Å². The Kier molecular flexibility index (Phi) is 7.04. The predicted octanol–water partition coefficient (Wildman–Crippen LogP) is 1.12. The molecule has 0 heterocycles. The fourth-order valence-electron chi connectivity index (χ4n) is 1.90. The van der Waals surface area contributed by atoms with Crippen molar-refractivity contribution >= 4 is 11.6 Å². The minimum absolute atomic E-state index is 0.00125. The summed E-state index contributed by atoms with van der Waals surface area (Å²) in [5.41, 5.74) is 7.71. The zero-order valence-corrected chi connectivity index (χ0v) is 12.6. The van der Waals surface area contributed by atoms with Gasteiger partial charge in [-0.15, -0.1) is 0 Å². The van der Waals surface area contributed by atoms with Crippen LogP contribution in [-0.4, -0.2) is 38.8 Å². The summed E-state index contributed by atoms with van der Waals surface area (Å²) in [6, 6.07) is 8.24. The van der Waals surface area contributed by atoms with Crippen LogP contribution in [0.25, 0.3) is 0 Å². The Labute approximate surface area is 121 Å². The number of rotatable bonds is 8. The highest BCUT2D eigenvalue weighted by Gasteiger charge is 2.14. The van der Waals surface area contributed by atoms with E-state index in [1.54, 1.807) is 7.11 Å². The molecule has 0 aliphatic heterocycles. The summed E-state index contributed by atoms with van der Waals surface area (Å²) < 4.78 is 4.91. The minimum atomic E-state index is -0.00125. The third kappa shape index (κ3) is 5.19. The Morgan fingerprint density at radius 2 is 2.00 bits per heavy atom. The molecule has 112 valence electrons. The molecule has 20 heavy (non-hydrogen) atoms. The van der Waals surface area contributed by atoms with Gasteiger partial charge in [0, 0.05) is 31.9 Å². The van der Waals surface area contributed by atoms with E-state index in [1.807, 2.05) is 24.3 Å². The summed E-state index contributed by atoms with van der Waals surface area (Å²) >= 11 is 0. The highest BCUT2D eigenvalue weighted by atomic mass is 16.5. The number of nitrogens with zero attached hydrogens (tertiary/aromatic N) is 1. The summed E-state index contributed by atoms with van der Waals surface area (Å²) in [4.78, 5) is 14.0. The average molecular weight is 279 g/mol. The number of methoxy groups -OCH3 is 1. The molecule has 0 fully saturated rings. The molecule has 1 aromatic rings. The van der Waals surface area contributed by atoms with Crippen LogP contribution in [0.5, 0.6) is 0 Å². The first-order valence-corrected chi connectivity index (χ1v) is 6.89. The number of amides is 1.